The third-order valence-electron chi connectivity index (χ3n) is 4.67. The summed E-state index contributed by atoms with van der Waals surface area (Å²) in [6, 6.07) is 7.53. The molecule has 2 heterocycles. The number of para-hydroxylation sites is 1. The number of hydrogen-bond donors (Lipinski definition) is 1. The van der Waals surface area contributed by atoms with Gasteiger partial charge in [-0.05, 0) is 31.9 Å². The largest absolute Gasteiger partial charge is 0.481 e. The number of nitrogens with zero attached hydrogens (tertiary/aromatic N) is 2. The van der Waals surface area contributed by atoms with Crippen LogP contribution in [0.4, 0.5) is 5.69 Å². The fourth-order valence-electron chi connectivity index (χ4n) is 3.19. The van der Waals surface area contributed by atoms with Gasteiger partial charge in [-0.25, -0.2) is 0 Å². The van der Waals surface area contributed by atoms with Crippen LogP contribution in [0.3, 0.4) is 0 Å². The number of amides is 2. The minimum atomic E-state index is -0.909. The van der Waals surface area contributed by atoms with Crippen LogP contribution in [-0.2, 0) is 14.4 Å². The van der Waals surface area contributed by atoms with Crippen LogP contribution in [0, 0.1) is 5.41 Å². The molecule has 6 nitrogen and oxygen atoms in total. The number of thioether (sulfide) groups is 1. The molecule has 0 aromatic heterocycles. The summed E-state index contributed by atoms with van der Waals surface area (Å²) in [6.07, 6.45) is 1.23. The quantitative estimate of drug-likeness (QED) is 0.902. The average Bonchev–Trinajstić information content (AvgIpc) is 2.57. The Hall–Kier alpha value is -2.02. The third-order valence-corrected chi connectivity index (χ3v) is 5.71. The maximum absolute atomic E-state index is 12.7. The average molecular weight is 348 g/mol. The summed E-state index contributed by atoms with van der Waals surface area (Å²) in [5.41, 5.74) is -0.154. The van der Waals surface area contributed by atoms with Crippen LogP contribution in [0.15, 0.2) is 29.2 Å². The van der Waals surface area contributed by atoms with Crippen LogP contribution < -0.4 is 4.90 Å². The summed E-state index contributed by atoms with van der Waals surface area (Å²) < 4.78 is 0. The smallest absolute Gasteiger partial charge is 0.311 e. The number of hydrogen-bond acceptors (Lipinski definition) is 4. The molecule has 3 rings (SSSR count). The van der Waals surface area contributed by atoms with Crippen molar-refractivity contribution in [2.24, 2.45) is 5.41 Å². The topological polar surface area (TPSA) is 77.9 Å². The Labute approximate surface area is 144 Å². The molecule has 1 saturated heterocycles. The van der Waals surface area contributed by atoms with E-state index in [2.05, 4.69) is 0 Å². The molecule has 0 bridgehead atoms. The van der Waals surface area contributed by atoms with Gasteiger partial charge in [-0.15, -0.1) is 11.8 Å². The Morgan fingerprint density at radius 2 is 2.08 bits per heavy atom. The molecule has 2 amide bonds. The van der Waals surface area contributed by atoms with Gasteiger partial charge in [0.25, 0.3) is 0 Å². The van der Waals surface area contributed by atoms with Crippen LogP contribution in [0.2, 0.25) is 0 Å². The predicted molar refractivity (Wildman–Crippen MR) is 91.1 cm³/mol. The SMILES string of the molecule is CC1(C(=O)O)CCCN(C(=O)CN2C(=O)CSc3ccccc32)C1. The van der Waals surface area contributed by atoms with Gasteiger partial charge >= 0.3 is 5.97 Å². The summed E-state index contributed by atoms with van der Waals surface area (Å²) in [4.78, 5) is 40.4. The van der Waals surface area contributed by atoms with Crippen molar-refractivity contribution in [1.29, 1.82) is 0 Å². The van der Waals surface area contributed by atoms with Gasteiger partial charge in [-0.2, -0.15) is 0 Å². The first-order chi connectivity index (χ1) is 11.4. The zero-order valence-corrected chi connectivity index (χ0v) is 14.3. The highest BCUT2D eigenvalue weighted by Crippen LogP contribution is 2.35. The van der Waals surface area contributed by atoms with E-state index in [9.17, 15) is 19.5 Å². The Morgan fingerprint density at radius 3 is 2.83 bits per heavy atom. The van der Waals surface area contributed by atoms with E-state index in [0.717, 1.165) is 10.6 Å². The minimum absolute atomic E-state index is 0.0356. The van der Waals surface area contributed by atoms with Crippen molar-refractivity contribution < 1.29 is 19.5 Å². The van der Waals surface area contributed by atoms with Crippen molar-refractivity contribution in [2.75, 3.05) is 30.3 Å². The normalized spacial score (nSPS) is 23.8. The fraction of sp³-hybridized carbons (Fsp3) is 0.471. The first-order valence-electron chi connectivity index (χ1n) is 7.94. The van der Waals surface area contributed by atoms with E-state index in [1.165, 1.54) is 16.7 Å². The van der Waals surface area contributed by atoms with E-state index >= 15 is 0 Å². The second-order valence-electron chi connectivity index (χ2n) is 6.52. The van der Waals surface area contributed by atoms with Crippen molar-refractivity contribution >= 4 is 35.2 Å². The van der Waals surface area contributed by atoms with Crippen LogP contribution in [0.1, 0.15) is 19.8 Å². The molecule has 0 radical (unpaired) electrons. The third kappa shape index (κ3) is 3.13. The molecular weight excluding hydrogens is 328 g/mol. The lowest BCUT2D eigenvalue weighted by Gasteiger charge is -2.38. The van der Waals surface area contributed by atoms with E-state index in [-0.39, 0.29) is 24.9 Å². The van der Waals surface area contributed by atoms with Crippen molar-refractivity contribution in [3.05, 3.63) is 24.3 Å². The lowest BCUT2D eigenvalue weighted by atomic mass is 9.82. The number of anilines is 1. The first kappa shape index (κ1) is 16.8. The summed E-state index contributed by atoms with van der Waals surface area (Å²) >= 11 is 1.47. The fourth-order valence-corrected chi connectivity index (χ4v) is 4.13. The van der Waals surface area contributed by atoms with Crippen LogP contribution in [0.5, 0.6) is 0 Å². The summed E-state index contributed by atoms with van der Waals surface area (Å²) in [5, 5.41) is 9.39. The van der Waals surface area contributed by atoms with Crippen LogP contribution in [0.25, 0.3) is 0 Å². The number of likely N-dealkylation sites (tertiary alicyclic amines) is 1. The standard InChI is InChI=1S/C17H20N2O4S/c1-17(16(22)23)7-4-8-18(11-17)14(20)9-19-12-5-2-3-6-13(12)24-10-15(19)21/h2-3,5-6H,4,7-11H2,1H3,(H,22,23). The highest BCUT2D eigenvalue weighted by atomic mass is 32.2. The molecule has 2 aliphatic rings. The molecule has 1 N–H and O–H groups in total. The second-order valence-corrected chi connectivity index (χ2v) is 7.54. The molecule has 1 aromatic rings. The molecule has 0 spiro atoms. The van der Waals surface area contributed by atoms with Gasteiger partial charge in [0.05, 0.1) is 16.9 Å². The van der Waals surface area contributed by atoms with Crippen molar-refractivity contribution in [3.8, 4) is 0 Å². The number of carbonyl (C=O) groups is 3. The van der Waals surface area contributed by atoms with Gasteiger partial charge in [-0.1, -0.05) is 12.1 Å². The Kier molecular flexibility index (Phi) is 4.54. The van der Waals surface area contributed by atoms with Gasteiger partial charge in [0.15, 0.2) is 0 Å². The number of fused-ring (bicyclic) bond motifs is 1. The van der Waals surface area contributed by atoms with Gasteiger partial charge in [0.1, 0.15) is 6.54 Å². The summed E-state index contributed by atoms with van der Waals surface area (Å²) in [5.74, 6) is -0.852. The van der Waals surface area contributed by atoms with E-state index in [1.807, 2.05) is 24.3 Å². The van der Waals surface area contributed by atoms with E-state index in [1.54, 1.807) is 11.8 Å². The van der Waals surface area contributed by atoms with Crippen molar-refractivity contribution in [1.82, 2.24) is 4.90 Å². The van der Waals surface area contributed by atoms with E-state index < -0.39 is 11.4 Å². The van der Waals surface area contributed by atoms with Gasteiger partial charge in [-0.3, -0.25) is 14.4 Å². The molecule has 7 heteroatoms. The number of carboxylic acids is 1. The van der Waals surface area contributed by atoms with Gasteiger partial charge in [0, 0.05) is 18.0 Å². The van der Waals surface area contributed by atoms with Gasteiger partial charge < -0.3 is 14.9 Å². The van der Waals surface area contributed by atoms with Gasteiger partial charge in [0.2, 0.25) is 11.8 Å². The predicted octanol–water partition coefficient (Wildman–Crippen LogP) is 1.84. The highest BCUT2D eigenvalue weighted by molar-refractivity contribution is 8.00. The number of aliphatic carboxylic acids is 1. The molecule has 0 aliphatic carbocycles. The van der Waals surface area contributed by atoms with Crippen LogP contribution in [-0.4, -0.2) is 53.2 Å². The Balaban J connectivity index is 1.75. The number of piperidine rings is 1. The van der Waals surface area contributed by atoms with Crippen LogP contribution >= 0.6 is 11.8 Å². The zero-order valence-electron chi connectivity index (χ0n) is 13.5. The first-order valence-corrected chi connectivity index (χ1v) is 8.93. The maximum Gasteiger partial charge on any atom is 0.311 e. The maximum atomic E-state index is 12.7. The lowest BCUT2D eigenvalue weighted by Crippen LogP contribution is -2.52. The minimum Gasteiger partial charge on any atom is -0.481 e. The highest BCUT2D eigenvalue weighted by Gasteiger charge is 2.40. The molecule has 1 unspecified atom stereocenters. The molecule has 1 fully saturated rings. The Bertz CT molecular complexity index is 693. The molecule has 0 saturated carbocycles. The molecule has 128 valence electrons. The molecular formula is C17H20N2O4S. The molecule has 24 heavy (non-hydrogen) atoms. The van der Waals surface area contributed by atoms with E-state index in [0.29, 0.717) is 25.1 Å². The Morgan fingerprint density at radius 1 is 1.33 bits per heavy atom. The zero-order chi connectivity index (χ0) is 17.3. The van der Waals surface area contributed by atoms with Crippen molar-refractivity contribution in [3.63, 3.8) is 0 Å². The molecule has 1 aromatic carbocycles. The number of carboxylic acid groups (broad SMARTS) is 1. The number of carbonyl (C=O) groups excluding carboxylic acids is 2. The lowest BCUT2D eigenvalue weighted by molar-refractivity contribution is -0.153. The second kappa shape index (κ2) is 6.47. The summed E-state index contributed by atoms with van der Waals surface area (Å²) in [6.45, 7) is 2.37. The number of rotatable bonds is 3. The monoisotopic (exact) mass is 348 g/mol. The molecule has 2 aliphatic heterocycles. The molecule has 1 atom stereocenters. The number of benzene rings is 1. The van der Waals surface area contributed by atoms with Crippen molar-refractivity contribution in [2.45, 2.75) is 24.7 Å². The van der Waals surface area contributed by atoms with E-state index in [4.69, 9.17) is 0 Å². The summed E-state index contributed by atoms with van der Waals surface area (Å²) in [7, 11) is 0.